The molecule has 1 fully saturated rings. The first kappa shape index (κ1) is 19.2. The number of hydrogen-bond acceptors (Lipinski definition) is 3. The van der Waals surface area contributed by atoms with Gasteiger partial charge in [0.25, 0.3) is 5.91 Å². The molecule has 0 spiro atoms. The van der Waals surface area contributed by atoms with E-state index in [0.29, 0.717) is 32.6 Å². The Labute approximate surface area is 157 Å². The van der Waals surface area contributed by atoms with Crippen LogP contribution in [-0.4, -0.2) is 54.2 Å². The molecule has 1 saturated heterocycles. The third kappa shape index (κ3) is 4.98. The minimum atomic E-state index is -1.01. The monoisotopic (exact) mass is 372 g/mol. The van der Waals surface area contributed by atoms with Crippen LogP contribution in [0.1, 0.15) is 33.6 Å². The van der Waals surface area contributed by atoms with Crippen molar-refractivity contribution in [2.45, 2.75) is 12.8 Å². The van der Waals surface area contributed by atoms with E-state index in [4.69, 9.17) is 0 Å². The van der Waals surface area contributed by atoms with E-state index >= 15 is 0 Å². The molecule has 142 valence electrons. The first-order valence-electron chi connectivity index (χ1n) is 9.09. The highest BCUT2D eigenvalue weighted by Gasteiger charge is 2.22. The third-order valence-electron chi connectivity index (χ3n) is 4.80. The highest BCUT2D eigenvalue weighted by molar-refractivity contribution is 5.96. The summed E-state index contributed by atoms with van der Waals surface area (Å²) in [7, 11) is 0. The lowest BCUT2D eigenvalue weighted by Crippen LogP contribution is -2.48. The quantitative estimate of drug-likeness (QED) is 0.730. The average Bonchev–Trinajstić information content (AvgIpc) is 2.70. The van der Waals surface area contributed by atoms with E-state index in [2.05, 4.69) is 4.90 Å². The molecule has 0 radical (unpaired) electrons. The Morgan fingerprint density at radius 3 is 2.22 bits per heavy atom. The highest BCUT2D eigenvalue weighted by Crippen LogP contribution is 2.13. The molecule has 0 atom stereocenters. The van der Waals surface area contributed by atoms with Crippen molar-refractivity contribution in [1.29, 1.82) is 0 Å². The van der Waals surface area contributed by atoms with E-state index in [1.54, 1.807) is 4.90 Å². The van der Waals surface area contributed by atoms with Gasteiger partial charge >= 0.3 is 0 Å². The molecule has 0 N–H and O–H groups in total. The van der Waals surface area contributed by atoms with Gasteiger partial charge in [-0.2, -0.15) is 0 Å². The molecule has 0 aliphatic carbocycles. The molecular formula is C21H22F2N2O2. The Balaban J connectivity index is 1.43. The van der Waals surface area contributed by atoms with Crippen molar-refractivity contribution >= 4 is 11.7 Å². The van der Waals surface area contributed by atoms with Gasteiger partial charge in [0, 0.05) is 43.7 Å². The average molecular weight is 372 g/mol. The van der Waals surface area contributed by atoms with Crippen LogP contribution in [0.5, 0.6) is 0 Å². The molecule has 0 bridgehead atoms. The fourth-order valence-electron chi connectivity index (χ4n) is 3.22. The lowest BCUT2D eigenvalue weighted by molar-refractivity contribution is 0.0634. The number of Topliss-reactive ketones (excluding diaryl/α,β-unsaturated/α-hetero) is 1. The number of nitrogens with zero attached hydrogens (tertiary/aromatic N) is 2. The van der Waals surface area contributed by atoms with Crippen molar-refractivity contribution in [2.75, 3.05) is 32.7 Å². The summed E-state index contributed by atoms with van der Waals surface area (Å²) in [6.45, 7) is 3.27. The van der Waals surface area contributed by atoms with Crippen LogP contribution >= 0.6 is 0 Å². The van der Waals surface area contributed by atoms with Crippen LogP contribution in [0.15, 0.2) is 48.5 Å². The van der Waals surface area contributed by atoms with Gasteiger partial charge in [-0.25, -0.2) is 8.78 Å². The molecule has 1 aliphatic rings. The first-order valence-corrected chi connectivity index (χ1v) is 9.09. The van der Waals surface area contributed by atoms with Gasteiger partial charge in [0.2, 0.25) is 0 Å². The molecule has 27 heavy (non-hydrogen) atoms. The van der Waals surface area contributed by atoms with Crippen LogP contribution < -0.4 is 0 Å². The fraction of sp³-hybridized carbons (Fsp3) is 0.333. The summed E-state index contributed by atoms with van der Waals surface area (Å²) in [5, 5.41) is 0. The Hall–Kier alpha value is -2.60. The zero-order valence-electron chi connectivity index (χ0n) is 15.0. The minimum Gasteiger partial charge on any atom is -0.336 e. The van der Waals surface area contributed by atoms with Gasteiger partial charge in [0.15, 0.2) is 17.4 Å². The van der Waals surface area contributed by atoms with Crippen molar-refractivity contribution in [3.8, 4) is 0 Å². The third-order valence-corrected chi connectivity index (χ3v) is 4.80. The van der Waals surface area contributed by atoms with Crippen molar-refractivity contribution in [2.24, 2.45) is 0 Å². The number of halogens is 2. The summed E-state index contributed by atoms with van der Waals surface area (Å²) >= 11 is 0. The number of carbonyl (C=O) groups is 2. The smallest absolute Gasteiger partial charge is 0.254 e. The molecule has 0 saturated carbocycles. The summed E-state index contributed by atoms with van der Waals surface area (Å²) in [6, 6.07) is 12.5. The van der Waals surface area contributed by atoms with Crippen LogP contribution in [0.2, 0.25) is 0 Å². The van der Waals surface area contributed by atoms with E-state index in [9.17, 15) is 18.4 Å². The van der Waals surface area contributed by atoms with E-state index in [0.717, 1.165) is 30.7 Å². The maximum Gasteiger partial charge on any atom is 0.254 e. The van der Waals surface area contributed by atoms with Crippen LogP contribution in [0.3, 0.4) is 0 Å². The zero-order chi connectivity index (χ0) is 19.2. The van der Waals surface area contributed by atoms with Gasteiger partial charge in [0.05, 0.1) is 0 Å². The van der Waals surface area contributed by atoms with Gasteiger partial charge in [0.1, 0.15) is 0 Å². The molecule has 3 rings (SSSR count). The second-order valence-corrected chi connectivity index (χ2v) is 6.66. The summed E-state index contributed by atoms with van der Waals surface area (Å²) < 4.78 is 26.3. The number of hydrogen-bond donors (Lipinski definition) is 0. The van der Waals surface area contributed by atoms with Crippen molar-refractivity contribution in [3.05, 3.63) is 71.3 Å². The number of piperazine rings is 1. The molecular weight excluding hydrogens is 350 g/mol. The molecule has 2 aromatic carbocycles. The van der Waals surface area contributed by atoms with Gasteiger partial charge in [-0.05, 0) is 31.2 Å². The Morgan fingerprint density at radius 2 is 1.56 bits per heavy atom. The summed E-state index contributed by atoms with van der Waals surface area (Å²) in [5.74, 6) is -2.11. The fourth-order valence-corrected chi connectivity index (χ4v) is 3.22. The Morgan fingerprint density at radius 1 is 0.852 bits per heavy atom. The molecule has 1 aliphatic heterocycles. The second-order valence-electron chi connectivity index (χ2n) is 6.66. The van der Waals surface area contributed by atoms with E-state index in [1.165, 1.54) is 6.07 Å². The standard InChI is InChI=1S/C21H22F2N2O2/c22-18-9-8-17(15-19(18)23)21(27)25-13-11-24(12-14-25)10-4-7-20(26)16-5-2-1-3-6-16/h1-3,5-6,8-9,15H,4,7,10-14H2. The maximum atomic E-state index is 13.3. The Bertz CT molecular complexity index is 803. The molecule has 4 nitrogen and oxygen atoms in total. The van der Waals surface area contributed by atoms with Crippen molar-refractivity contribution in [3.63, 3.8) is 0 Å². The number of carbonyl (C=O) groups excluding carboxylic acids is 2. The van der Waals surface area contributed by atoms with Gasteiger partial charge in [-0.15, -0.1) is 0 Å². The molecule has 6 heteroatoms. The van der Waals surface area contributed by atoms with E-state index in [-0.39, 0.29) is 17.3 Å². The number of benzene rings is 2. The predicted molar refractivity (Wildman–Crippen MR) is 98.7 cm³/mol. The normalized spacial score (nSPS) is 15.0. The number of ketones is 1. The number of amides is 1. The maximum absolute atomic E-state index is 13.3. The predicted octanol–water partition coefficient (Wildman–Crippen LogP) is 3.39. The molecule has 1 heterocycles. The van der Waals surface area contributed by atoms with Crippen LogP contribution in [0.4, 0.5) is 8.78 Å². The lowest BCUT2D eigenvalue weighted by atomic mass is 10.1. The largest absolute Gasteiger partial charge is 0.336 e. The number of rotatable bonds is 6. The van der Waals surface area contributed by atoms with Crippen LogP contribution in [-0.2, 0) is 0 Å². The summed E-state index contributed by atoms with van der Waals surface area (Å²) in [4.78, 5) is 28.4. The second kappa shape index (κ2) is 8.86. The van der Waals surface area contributed by atoms with E-state index < -0.39 is 11.6 Å². The summed E-state index contributed by atoms with van der Waals surface area (Å²) in [6.07, 6.45) is 1.27. The lowest BCUT2D eigenvalue weighted by Gasteiger charge is -2.34. The van der Waals surface area contributed by atoms with Crippen molar-refractivity contribution < 1.29 is 18.4 Å². The minimum absolute atomic E-state index is 0.141. The first-order chi connectivity index (χ1) is 13.0. The van der Waals surface area contributed by atoms with E-state index in [1.807, 2.05) is 30.3 Å². The molecule has 0 aromatic heterocycles. The van der Waals surface area contributed by atoms with Gasteiger partial charge in [-0.1, -0.05) is 30.3 Å². The Kier molecular flexibility index (Phi) is 6.29. The highest BCUT2D eigenvalue weighted by atomic mass is 19.2. The van der Waals surface area contributed by atoms with Gasteiger partial charge in [-0.3, -0.25) is 14.5 Å². The zero-order valence-corrected chi connectivity index (χ0v) is 15.0. The van der Waals surface area contributed by atoms with Crippen LogP contribution in [0.25, 0.3) is 0 Å². The molecule has 2 aromatic rings. The van der Waals surface area contributed by atoms with Crippen LogP contribution in [0, 0.1) is 11.6 Å². The van der Waals surface area contributed by atoms with Gasteiger partial charge < -0.3 is 4.90 Å². The molecule has 1 amide bonds. The summed E-state index contributed by atoms with van der Waals surface area (Å²) in [5.41, 5.74) is 0.898. The van der Waals surface area contributed by atoms with Crippen molar-refractivity contribution in [1.82, 2.24) is 9.80 Å². The molecule has 0 unspecified atom stereocenters. The SMILES string of the molecule is O=C(CCCN1CCN(C(=O)c2ccc(F)c(F)c2)CC1)c1ccccc1. The topological polar surface area (TPSA) is 40.6 Å².